The van der Waals surface area contributed by atoms with Crippen LogP contribution < -0.4 is 11.1 Å². The van der Waals surface area contributed by atoms with Crippen molar-refractivity contribution in [3.8, 4) is 0 Å². The molecule has 0 heterocycles. The molecule has 0 spiro atoms. The van der Waals surface area contributed by atoms with Crippen molar-refractivity contribution in [2.24, 2.45) is 17.6 Å². The molecule has 7 heteroatoms. The molecule has 2 bridgehead atoms. The molecule has 0 aromatic heterocycles. The monoisotopic (exact) mass is 337 g/mol. The summed E-state index contributed by atoms with van der Waals surface area (Å²) in [7, 11) is 0. The van der Waals surface area contributed by atoms with Gasteiger partial charge in [0.25, 0.3) is 11.6 Å². The first-order valence-electron chi connectivity index (χ1n) is 7.96. The molecule has 0 saturated heterocycles. The number of carbonyl (C=O) groups is 1. The van der Waals surface area contributed by atoms with Gasteiger partial charge in [-0.15, -0.1) is 0 Å². The van der Waals surface area contributed by atoms with E-state index >= 15 is 0 Å². The van der Waals surface area contributed by atoms with Crippen LogP contribution in [0.2, 0.25) is 5.02 Å². The predicted octanol–water partition coefficient (Wildman–Crippen LogP) is 2.88. The fourth-order valence-corrected chi connectivity index (χ4v) is 4.32. The van der Waals surface area contributed by atoms with E-state index in [4.69, 9.17) is 17.3 Å². The number of hydrogen-bond donors (Lipinski definition) is 2. The highest BCUT2D eigenvalue weighted by atomic mass is 35.5. The van der Waals surface area contributed by atoms with Crippen LogP contribution in [0.25, 0.3) is 0 Å². The topological polar surface area (TPSA) is 98.3 Å². The number of nitrogens with zero attached hydrogens (tertiary/aromatic N) is 1. The average Bonchev–Trinajstić information content (AvgIpc) is 2.47. The molecule has 1 amide bonds. The molecule has 2 unspecified atom stereocenters. The first kappa shape index (κ1) is 16.2. The Morgan fingerprint density at radius 2 is 1.96 bits per heavy atom. The van der Waals surface area contributed by atoms with E-state index in [1.807, 2.05) is 0 Å². The van der Waals surface area contributed by atoms with E-state index in [2.05, 4.69) is 5.32 Å². The van der Waals surface area contributed by atoms with Crippen molar-refractivity contribution in [1.82, 2.24) is 5.32 Å². The summed E-state index contributed by atoms with van der Waals surface area (Å²) in [6.45, 7) is 0. The summed E-state index contributed by atoms with van der Waals surface area (Å²) >= 11 is 6.04. The van der Waals surface area contributed by atoms with E-state index in [1.54, 1.807) is 0 Å². The normalized spacial score (nSPS) is 29.8. The molecule has 2 saturated carbocycles. The molecular weight excluding hydrogens is 318 g/mol. The molecule has 2 aliphatic carbocycles. The lowest BCUT2D eigenvalue weighted by molar-refractivity contribution is -0.384. The molecular formula is C16H20ClN3O3. The number of halogens is 1. The van der Waals surface area contributed by atoms with Gasteiger partial charge in [0.1, 0.15) is 0 Å². The van der Waals surface area contributed by atoms with E-state index in [0.29, 0.717) is 11.8 Å². The summed E-state index contributed by atoms with van der Waals surface area (Å²) in [4.78, 5) is 22.8. The summed E-state index contributed by atoms with van der Waals surface area (Å²) < 4.78 is 0. The van der Waals surface area contributed by atoms with Crippen molar-refractivity contribution in [2.45, 2.75) is 44.2 Å². The lowest BCUT2D eigenvalue weighted by atomic mass is 9.67. The van der Waals surface area contributed by atoms with Crippen molar-refractivity contribution in [3.05, 3.63) is 38.9 Å². The zero-order valence-corrected chi connectivity index (χ0v) is 13.5. The minimum Gasteiger partial charge on any atom is -0.349 e. The number of rotatable bonds is 3. The summed E-state index contributed by atoms with van der Waals surface area (Å²) in [5.41, 5.74) is 6.26. The van der Waals surface area contributed by atoms with Gasteiger partial charge in [0.15, 0.2) is 0 Å². The van der Waals surface area contributed by atoms with E-state index in [-0.39, 0.29) is 34.3 Å². The number of benzene rings is 1. The van der Waals surface area contributed by atoms with Gasteiger partial charge < -0.3 is 11.1 Å². The summed E-state index contributed by atoms with van der Waals surface area (Å²) in [5, 5.41) is 14.0. The SMILES string of the molecule is NC1CC2CCCC(C1)C2NC(=O)c1ccc([N+](=O)[O-])cc1Cl. The van der Waals surface area contributed by atoms with Crippen LogP contribution in [0.1, 0.15) is 42.5 Å². The minimum absolute atomic E-state index is 0.106. The van der Waals surface area contributed by atoms with Gasteiger partial charge in [-0.3, -0.25) is 14.9 Å². The summed E-state index contributed by atoms with van der Waals surface area (Å²) in [5.74, 6) is 0.568. The number of amides is 1. The minimum atomic E-state index is -0.527. The Bertz CT molecular complexity index is 623. The molecule has 0 aliphatic heterocycles. The summed E-state index contributed by atoms with van der Waals surface area (Å²) in [6.07, 6.45) is 5.24. The fraction of sp³-hybridized carbons (Fsp3) is 0.562. The molecule has 2 aliphatic rings. The third kappa shape index (κ3) is 3.33. The number of nitrogens with one attached hydrogen (secondary N) is 1. The number of non-ortho nitro benzene ring substituents is 1. The molecule has 3 N–H and O–H groups in total. The zero-order chi connectivity index (χ0) is 16.6. The first-order chi connectivity index (χ1) is 11.0. The van der Waals surface area contributed by atoms with Crippen LogP contribution in [0, 0.1) is 22.0 Å². The Labute approximate surface area is 139 Å². The standard InChI is InChI=1S/C16H20ClN3O3/c17-14-8-12(20(22)23)4-5-13(14)16(21)19-15-9-2-1-3-10(15)7-11(18)6-9/h4-5,8-11,15H,1-3,6-7,18H2,(H,19,21). The van der Waals surface area contributed by atoms with E-state index in [0.717, 1.165) is 25.7 Å². The number of nitro benzene ring substituents is 1. The summed E-state index contributed by atoms with van der Waals surface area (Å²) in [6, 6.07) is 4.29. The molecule has 1 aromatic rings. The highest BCUT2D eigenvalue weighted by Gasteiger charge is 2.40. The van der Waals surface area contributed by atoms with Crippen molar-refractivity contribution in [1.29, 1.82) is 0 Å². The second-order valence-electron chi connectivity index (χ2n) is 6.60. The average molecular weight is 338 g/mol. The van der Waals surface area contributed by atoms with Crippen molar-refractivity contribution in [2.75, 3.05) is 0 Å². The Kier molecular flexibility index (Phi) is 4.55. The Balaban J connectivity index is 1.75. The molecule has 124 valence electrons. The largest absolute Gasteiger partial charge is 0.349 e. The highest BCUT2D eigenvalue weighted by molar-refractivity contribution is 6.34. The fourth-order valence-electron chi connectivity index (χ4n) is 4.06. The number of fused-ring (bicyclic) bond motifs is 2. The van der Waals surface area contributed by atoms with Gasteiger partial charge in [0.2, 0.25) is 0 Å². The third-order valence-corrected chi connectivity index (χ3v) is 5.40. The number of carbonyl (C=O) groups excluding carboxylic acids is 1. The maximum absolute atomic E-state index is 12.5. The van der Waals surface area contributed by atoms with Gasteiger partial charge in [0.05, 0.1) is 15.5 Å². The molecule has 6 nitrogen and oxygen atoms in total. The Morgan fingerprint density at radius 3 is 2.52 bits per heavy atom. The number of nitrogens with two attached hydrogens (primary N) is 1. The van der Waals surface area contributed by atoms with E-state index in [1.165, 1.54) is 24.6 Å². The van der Waals surface area contributed by atoms with Crippen LogP contribution in [0.4, 0.5) is 5.69 Å². The van der Waals surface area contributed by atoms with Gasteiger partial charge in [-0.05, 0) is 43.6 Å². The molecule has 3 rings (SSSR count). The van der Waals surface area contributed by atoms with Crippen molar-refractivity contribution in [3.63, 3.8) is 0 Å². The van der Waals surface area contributed by atoms with Crippen LogP contribution >= 0.6 is 11.6 Å². The van der Waals surface area contributed by atoms with E-state index < -0.39 is 4.92 Å². The number of nitro groups is 1. The van der Waals surface area contributed by atoms with Crippen molar-refractivity contribution < 1.29 is 9.72 Å². The van der Waals surface area contributed by atoms with Crippen LogP contribution in [0.3, 0.4) is 0 Å². The Hall–Kier alpha value is -1.66. The van der Waals surface area contributed by atoms with Gasteiger partial charge in [-0.1, -0.05) is 18.0 Å². The third-order valence-electron chi connectivity index (χ3n) is 5.08. The van der Waals surface area contributed by atoms with Crippen LogP contribution in [0.15, 0.2) is 18.2 Å². The lowest BCUT2D eigenvalue weighted by Crippen LogP contribution is -2.53. The lowest BCUT2D eigenvalue weighted by Gasteiger charge is -2.45. The van der Waals surface area contributed by atoms with Crippen LogP contribution in [-0.2, 0) is 0 Å². The van der Waals surface area contributed by atoms with E-state index in [9.17, 15) is 14.9 Å². The molecule has 1 aromatic carbocycles. The highest BCUT2D eigenvalue weighted by Crippen LogP contribution is 2.40. The smallest absolute Gasteiger partial charge is 0.270 e. The zero-order valence-electron chi connectivity index (χ0n) is 12.7. The van der Waals surface area contributed by atoms with Gasteiger partial charge in [-0.25, -0.2) is 0 Å². The second-order valence-corrected chi connectivity index (χ2v) is 7.01. The Morgan fingerprint density at radius 1 is 1.30 bits per heavy atom. The molecule has 2 fully saturated rings. The molecule has 23 heavy (non-hydrogen) atoms. The maximum Gasteiger partial charge on any atom is 0.270 e. The van der Waals surface area contributed by atoms with Gasteiger partial charge in [0, 0.05) is 24.2 Å². The van der Waals surface area contributed by atoms with Crippen molar-refractivity contribution >= 4 is 23.2 Å². The first-order valence-corrected chi connectivity index (χ1v) is 8.34. The second kappa shape index (κ2) is 6.45. The molecule has 0 radical (unpaired) electrons. The number of hydrogen-bond acceptors (Lipinski definition) is 4. The van der Waals surface area contributed by atoms with Gasteiger partial charge in [-0.2, -0.15) is 0 Å². The van der Waals surface area contributed by atoms with Gasteiger partial charge >= 0.3 is 0 Å². The maximum atomic E-state index is 12.5. The van der Waals surface area contributed by atoms with Crippen LogP contribution in [0.5, 0.6) is 0 Å². The quantitative estimate of drug-likeness (QED) is 0.654. The predicted molar refractivity (Wildman–Crippen MR) is 87.4 cm³/mol. The molecule has 2 atom stereocenters. The van der Waals surface area contributed by atoms with Crippen LogP contribution in [-0.4, -0.2) is 22.9 Å².